The summed E-state index contributed by atoms with van der Waals surface area (Å²) in [5.74, 6) is -2.86. The molecule has 1 saturated heterocycles. The van der Waals surface area contributed by atoms with Crippen LogP contribution in [0.4, 0.5) is 13.2 Å². The average molecular weight is 395 g/mol. The van der Waals surface area contributed by atoms with Crippen LogP contribution in [0.5, 0.6) is 0 Å². The molecule has 1 fully saturated rings. The van der Waals surface area contributed by atoms with Crippen molar-refractivity contribution in [1.82, 2.24) is 14.7 Å². The number of halogens is 4. The van der Waals surface area contributed by atoms with Crippen LogP contribution in [-0.4, -0.2) is 40.2 Å². The molecule has 1 aromatic heterocycles. The number of benzene rings is 1. The van der Waals surface area contributed by atoms with E-state index in [1.165, 1.54) is 12.1 Å². The molecule has 0 radical (unpaired) electrons. The third-order valence-corrected chi connectivity index (χ3v) is 4.34. The molecule has 3 nitrogen and oxygen atoms in total. The Morgan fingerprint density at radius 1 is 1.30 bits per heavy atom. The van der Waals surface area contributed by atoms with Gasteiger partial charge < -0.3 is 0 Å². The molecule has 0 bridgehead atoms. The molecule has 2 heterocycles. The van der Waals surface area contributed by atoms with E-state index in [9.17, 15) is 13.2 Å². The van der Waals surface area contributed by atoms with Crippen LogP contribution in [0.3, 0.4) is 0 Å². The normalized spacial score (nSPS) is 19.0. The highest BCUT2D eigenvalue weighted by molar-refractivity contribution is 14.1. The minimum absolute atomic E-state index is 0.0738. The molecular formula is C13H13F3IN3. The summed E-state index contributed by atoms with van der Waals surface area (Å²) >= 11 is 2.06. The molecule has 3 rings (SSSR count). The minimum Gasteiger partial charge on any atom is -0.295 e. The molecule has 1 aromatic carbocycles. The molecule has 0 atom stereocenters. The van der Waals surface area contributed by atoms with Crippen LogP contribution in [0.2, 0.25) is 0 Å². The zero-order valence-electron chi connectivity index (χ0n) is 10.6. The molecule has 1 aliphatic rings. The van der Waals surface area contributed by atoms with Crippen LogP contribution in [0.1, 0.15) is 6.42 Å². The third kappa shape index (κ3) is 2.78. The summed E-state index contributed by atoms with van der Waals surface area (Å²) in [7, 11) is 0. The first-order valence-electron chi connectivity index (χ1n) is 6.36. The van der Waals surface area contributed by atoms with Crippen LogP contribution in [0, 0.1) is 9.52 Å². The Kier molecular flexibility index (Phi) is 3.65. The second kappa shape index (κ2) is 5.18. The Morgan fingerprint density at radius 3 is 2.80 bits per heavy atom. The molecule has 0 N–H and O–H groups in total. The highest BCUT2D eigenvalue weighted by Crippen LogP contribution is 2.27. The van der Waals surface area contributed by atoms with Crippen LogP contribution in [0.25, 0.3) is 10.9 Å². The fourth-order valence-electron chi connectivity index (χ4n) is 2.52. The monoisotopic (exact) mass is 395 g/mol. The molecular weight excluding hydrogens is 382 g/mol. The second-order valence-electron chi connectivity index (χ2n) is 5.06. The van der Waals surface area contributed by atoms with Gasteiger partial charge in [0.2, 0.25) is 0 Å². The largest absolute Gasteiger partial charge is 0.295 e. The molecule has 108 valence electrons. The summed E-state index contributed by atoms with van der Waals surface area (Å²) < 4.78 is 41.9. The van der Waals surface area contributed by atoms with Gasteiger partial charge in [-0.1, -0.05) is 0 Å². The Bertz CT molecular complexity index is 641. The van der Waals surface area contributed by atoms with Crippen LogP contribution < -0.4 is 0 Å². The van der Waals surface area contributed by atoms with E-state index in [1.807, 2.05) is 0 Å². The summed E-state index contributed by atoms with van der Waals surface area (Å²) in [5.41, 5.74) is 0.835. The van der Waals surface area contributed by atoms with Gasteiger partial charge in [0.05, 0.1) is 18.6 Å². The van der Waals surface area contributed by atoms with E-state index in [0.29, 0.717) is 19.6 Å². The fourth-order valence-corrected chi connectivity index (χ4v) is 3.21. The fraction of sp³-hybridized carbons (Fsp3) is 0.462. The van der Waals surface area contributed by atoms with E-state index in [-0.39, 0.29) is 18.8 Å². The highest BCUT2D eigenvalue weighted by atomic mass is 127. The van der Waals surface area contributed by atoms with Gasteiger partial charge in [0.1, 0.15) is 9.52 Å². The zero-order chi connectivity index (χ0) is 14.3. The van der Waals surface area contributed by atoms with E-state index in [4.69, 9.17) is 0 Å². The van der Waals surface area contributed by atoms with Crippen molar-refractivity contribution in [1.29, 1.82) is 0 Å². The maximum Gasteiger partial charge on any atom is 0.261 e. The summed E-state index contributed by atoms with van der Waals surface area (Å²) in [5, 5.41) is 5.11. The van der Waals surface area contributed by atoms with Crippen LogP contribution >= 0.6 is 22.6 Å². The summed E-state index contributed by atoms with van der Waals surface area (Å²) in [4.78, 5) is 1.74. The first kappa shape index (κ1) is 14.1. The molecule has 0 amide bonds. The number of fused-ring (bicyclic) bond motifs is 1. The lowest BCUT2D eigenvalue weighted by Gasteiger charge is -2.15. The lowest BCUT2D eigenvalue weighted by atomic mass is 10.2. The lowest BCUT2D eigenvalue weighted by Crippen LogP contribution is -2.28. The Balaban J connectivity index is 1.75. The molecule has 20 heavy (non-hydrogen) atoms. The number of likely N-dealkylation sites (tertiary alicyclic amines) is 1. The van der Waals surface area contributed by atoms with Crippen LogP contribution in [0.15, 0.2) is 18.2 Å². The van der Waals surface area contributed by atoms with E-state index < -0.39 is 5.92 Å². The van der Waals surface area contributed by atoms with Crippen molar-refractivity contribution >= 4 is 33.5 Å². The van der Waals surface area contributed by atoms with Crippen molar-refractivity contribution in [2.45, 2.75) is 18.9 Å². The first-order valence-corrected chi connectivity index (χ1v) is 7.44. The van der Waals surface area contributed by atoms with E-state index in [1.54, 1.807) is 15.6 Å². The highest BCUT2D eigenvalue weighted by Gasteiger charge is 2.37. The standard InChI is InChI=1S/C13H13F3IN3/c14-9-1-2-11-10(7-9)12(17)18-20(11)6-5-19-4-3-13(15,16)8-19/h1-2,7H,3-6,8H2. The van der Waals surface area contributed by atoms with Gasteiger partial charge in [0, 0.05) is 24.9 Å². The van der Waals surface area contributed by atoms with Gasteiger partial charge in [-0.15, -0.1) is 0 Å². The lowest BCUT2D eigenvalue weighted by molar-refractivity contribution is 0.0119. The summed E-state index contributed by atoms with van der Waals surface area (Å²) in [6.07, 6.45) is -0.0738. The quantitative estimate of drug-likeness (QED) is 0.745. The maximum absolute atomic E-state index is 13.2. The minimum atomic E-state index is -2.57. The number of hydrogen-bond acceptors (Lipinski definition) is 2. The number of rotatable bonds is 3. The molecule has 0 spiro atoms. The number of alkyl halides is 2. The topological polar surface area (TPSA) is 21.1 Å². The Morgan fingerprint density at radius 2 is 2.10 bits per heavy atom. The van der Waals surface area contributed by atoms with E-state index in [2.05, 4.69) is 27.7 Å². The van der Waals surface area contributed by atoms with E-state index in [0.717, 1.165) is 14.6 Å². The molecule has 0 saturated carbocycles. The van der Waals surface area contributed by atoms with Crippen molar-refractivity contribution in [2.24, 2.45) is 0 Å². The van der Waals surface area contributed by atoms with Crippen molar-refractivity contribution in [2.75, 3.05) is 19.6 Å². The number of aromatic nitrogens is 2. The van der Waals surface area contributed by atoms with Gasteiger partial charge in [-0.3, -0.25) is 9.58 Å². The second-order valence-corrected chi connectivity index (χ2v) is 6.08. The van der Waals surface area contributed by atoms with Gasteiger partial charge >= 0.3 is 0 Å². The van der Waals surface area contributed by atoms with Gasteiger partial charge in [0.25, 0.3) is 5.92 Å². The molecule has 1 aliphatic heterocycles. The average Bonchev–Trinajstić information content (AvgIpc) is 2.88. The predicted molar refractivity (Wildman–Crippen MR) is 78.4 cm³/mol. The van der Waals surface area contributed by atoms with Gasteiger partial charge in [-0.05, 0) is 40.8 Å². The van der Waals surface area contributed by atoms with Crippen molar-refractivity contribution in [3.8, 4) is 0 Å². The molecule has 7 heteroatoms. The summed E-state index contributed by atoms with van der Waals surface area (Å²) in [6, 6.07) is 4.52. The third-order valence-electron chi connectivity index (χ3n) is 3.54. The summed E-state index contributed by atoms with van der Waals surface area (Å²) in [6.45, 7) is 1.29. The van der Waals surface area contributed by atoms with Gasteiger partial charge in [-0.25, -0.2) is 13.2 Å². The van der Waals surface area contributed by atoms with Crippen molar-refractivity contribution in [3.05, 3.63) is 27.7 Å². The smallest absolute Gasteiger partial charge is 0.261 e. The number of hydrogen-bond donors (Lipinski definition) is 0. The van der Waals surface area contributed by atoms with Crippen LogP contribution in [-0.2, 0) is 6.54 Å². The maximum atomic E-state index is 13.2. The zero-order valence-corrected chi connectivity index (χ0v) is 12.8. The van der Waals surface area contributed by atoms with Crippen molar-refractivity contribution < 1.29 is 13.2 Å². The molecule has 2 aromatic rings. The SMILES string of the molecule is Fc1ccc2c(c1)c(I)nn2CCN1CCC(F)(F)C1. The first-order chi connectivity index (χ1) is 9.44. The molecule has 0 unspecified atom stereocenters. The van der Waals surface area contributed by atoms with Crippen molar-refractivity contribution in [3.63, 3.8) is 0 Å². The Labute approximate surface area is 127 Å². The number of nitrogens with zero attached hydrogens (tertiary/aromatic N) is 3. The Hall–Kier alpha value is -0.830. The van der Waals surface area contributed by atoms with Gasteiger partial charge in [0.15, 0.2) is 0 Å². The molecule has 0 aliphatic carbocycles. The predicted octanol–water partition coefficient (Wildman–Crippen LogP) is 3.12. The van der Waals surface area contributed by atoms with E-state index >= 15 is 0 Å². The van der Waals surface area contributed by atoms with Gasteiger partial charge in [-0.2, -0.15) is 5.10 Å².